The smallest absolute Gasteiger partial charge is 0.335 e. The number of carboxylic acids is 1. The van der Waals surface area contributed by atoms with E-state index in [4.69, 9.17) is 5.11 Å². The average Bonchev–Trinajstić information content (AvgIpc) is 2.16. The summed E-state index contributed by atoms with van der Waals surface area (Å²) in [5.74, 6) is -0.982. The molecule has 3 nitrogen and oxygen atoms in total. The second-order valence-electron chi connectivity index (χ2n) is 3.14. The second-order valence-corrected chi connectivity index (χ2v) is 3.14. The van der Waals surface area contributed by atoms with E-state index in [-0.39, 0.29) is 5.56 Å². The summed E-state index contributed by atoms with van der Waals surface area (Å²) in [6, 6.07) is 3.19. The Morgan fingerprint density at radius 1 is 1.50 bits per heavy atom. The lowest BCUT2D eigenvalue weighted by Crippen LogP contribution is -2.04. The van der Waals surface area contributed by atoms with Crippen molar-refractivity contribution in [3.8, 4) is 0 Å². The van der Waals surface area contributed by atoms with Crippen LogP contribution in [0.5, 0.6) is 0 Å². The summed E-state index contributed by atoms with van der Waals surface area (Å²) in [6.07, 6.45) is 1.34. The highest BCUT2D eigenvalue weighted by molar-refractivity contribution is 5.92. The molecule has 0 aliphatic heterocycles. The summed E-state index contributed by atoms with van der Waals surface area (Å²) in [6.45, 7) is 3.69. The van der Waals surface area contributed by atoms with Crippen molar-refractivity contribution < 1.29 is 14.7 Å². The molecule has 0 saturated carbocycles. The Kier molecular flexibility index (Phi) is 3.02. The van der Waals surface area contributed by atoms with E-state index < -0.39 is 5.97 Å². The van der Waals surface area contributed by atoms with E-state index in [1.807, 2.05) is 6.92 Å². The number of carbonyl (C=O) groups is 2. The van der Waals surface area contributed by atoms with E-state index >= 15 is 0 Å². The molecule has 0 amide bonds. The molecule has 0 spiro atoms. The van der Waals surface area contributed by atoms with E-state index in [9.17, 15) is 9.59 Å². The minimum atomic E-state index is -0.982. The minimum absolute atomic E-state index is 0.222. The Balaban J connectivity index is 3.39. The number of carboxylic acid groups (broad SMARTS) is 1. The molecule has 0 bridgehead atoms. The van der Waals surface area contributed by atoms with Crippen LogP contribution in [0.3, 0.4) is 0 Å². The summed E-state index contributed by atoms with van der Waals surface area (Å²) in [5, 5.41) is 8.89. The van der Waals surface area contributed by atoms with Gasteiger partial charge in [-0.3, -0.25) is 4.79 Å². The number of hydrogen-bond acceptors (Lipinski definition) is 2. The Morgan fingerprint density at radius 2 is 2.14 bits per heavy atom. The van der Waals surface area contributed by atoms with Crippen molar-refractivity contribution in [2.45, 2.75) is 20.3 Å². The largest absolute Gasteiger partial charge is 0.478 e. The van der Waals surface area contributed by atoms with Gasteiger partial charge in [0, 0.05) is 5.56 Å². The second kappa shape index (κ2) is 4.05. The van der Waals surface area contributed by atoms with Crippen molar-refractivity contribution in [3.63, 3.8) is 0 Å². The molecule has 0 aromatic heterocycles. The van der Waals surface area contributed by atoms with Gasteiger partial charge < -0.3 is 5.11 Å². The number of benzene rings is 1. The third-order valence-corrected chi connectivity index (χ3v) is 2.23. The van der Waals surface area contributed by atoms with Crippen molar-refractivity contribution in [2.75, 3.05) is 0 Å². The Morgan fingerprint density at radius 3 is 2.57 bits per heavy atom. The van der Waals surface area contributed by atoms with Gasteiger partial charge in [-0.15, -0.1) is 0 Å². The van der Waals surface area contributed by atoms with Gasteiger partial charge >= 0.3 is 5.97 Å². The predicted molar refractivity (Wildman–Crippen MR) is 52.9 cm³/mol. The molecule has 74 valence electrons. The molecule has 0 saturated heterocycles. The summed E-state index contributed by atoms with van der Waals surface area (Å²) < 4.78 is 0. The molecule has 0 aliphatic carbocycles. The van der Waals surface area contributed by atoms with Crippen molar-refractivity contribution >= 4 is 12.3 Å². The molecule has 0 atom stereocenters. The van der Waals surface area contributed by atoms with Gasteiger partial charge in [-0.2, -0.15) is 0 Å². The van der Waals surface area contributed by atoms with E-state index in [2.05, 4.69) is 0 Å². The molecule has 0 heterocycles. The molecule has 3 heteroatoms. The number of aromatic carboxylic acids is 1. The number of rotatable bonds is 3. The maximum Gasteiger partial charge on any atom is 0.335 e. The first-order chi connectivity index (χ1) is 6.60. The lowest BCUT2D eigenvalue weighted by molar-refractivity contribution is 0.0695. The van der Waals surface area contributed by atoms with Gasteiger partial charge in [-0.1, -0.05) is 13.0 Å². The molecule has 1 rings (SSSR count). The number of carbonyl (C=O) groups excluding carboxylic acids is 1. The molecule has 14 heavy (non-hydrogen) atoms. The molecule has 1 aromatic rings. The van der Waals surface area contributed by atoms with Gasteiger partial charge in [-0.25, -0.2) is 4.79 Å². The number of hydrogen-bond donors (Lipinski definition) is 1. The molecule has 0 radical (unpaired) electrons. The fourth-order valence-electron chi connectivity index (χ4n) is 1.40. The topological polar surface area (TPSA) is 54.4 Å². The van der Waals surface area contributed by atoms with E-state index in [1.165, 1.54) is 6.07 Å². The fourth-order valence-corrected chi connectivity index (χ4v) is 1.40. The Hall–Kier alpha value is -1.64. The fraction of sp³-hybridized carbons (Fsp3) is 0.273. The maximum absolute atomic E-state index is 10.8. The zero-order valence-electron chi connectivity index (χ0n) is 8.20. The van der Waals surface area contributed by atoms with Crippen LogP contribution in [0, 0.1) is 6.92 Å². The van der Waals surface area contributed by atoms with Crippen molar-refractivity contribution in [2.24, 2.45) is 0 Å². The Bertz CT molecular complexity index is 380. The van der Waals surface area contributed by atoms with Gasteiger partial charge in [-0.05, 0) is 30.5 Å². The molecule has 0 fully saturated rings. The molecular formula is C11H12O3. The van der Waals surface area contributed by atoms with E-state index in [1.54, 1.807) is 13.0 Å². The predicted octanol–water partition coefficient (Wildman–Crippen LogP) is 2.07. The summed E-state index contributed by atoms with van der Waals surface area (Å²) >= 11 is 0. The van der Waals surface area contributed by atoms with Crippen LogP contribution in [0.2, 0.25) is 0 Å². The monoisotopic (exact) mass is 192 g/mol. The lowest BCUT2D eigenvalue weighted by atomic mass is 9.98. The van der Waals surface area contributed by atoms with Crippen LogP contribution in [0.4, 0.5) is 0 Å². The quantitative estimate of drug-likeness (QED) is 0.746. The standard InChI is InChI=1S/C11H12O3/c1-3-8-4-7(2)9(6-12)5-10(8)11(13)14/h4-6H,3H2,1-2H3,(H,13,14). The van der Waals surface area contributed by atoms with Gasteiger partial charge in [0.05, 0.1) is 5.56 Å². The minimum Gasteiger partial charge on any atom is -0.478 e. The summed E-state index contributed by atoms with van der Waals surface area (Å²) in [7, 11) is 0. The van der Waals surface area contributed by atoms with Crippen LogP contribution in [0.15, 0.2) is 12.1 Å². The van der Waals surface area contributed by atoms with Gasteiger partial charge in [0.15, 0.2) is 0 Å². The van der Waals surface area contributed by atoms with Crippen LogP contribution in [-0.2, 0) is 6.42 Å². The molecule has 1 N–H and O–H groups in total. The van der Waals surface area contributed by atoms with Crippen LogP contribution in [0.25, 0.3) is 0 Å². The van der Waals surface area contributed by atoms with Gasteiger partial charge in [0.2, 0.25) is 0 Å². The molecular weight excluding hydrogens is 180 g/mol. The highest BCUT2D eigenvalue weighted by Crippen LogP contribution is 2.16. The summed E-state index contributed by atoms with van der Waals surface area (Å²) in [4.78, 5) is 21.5. The van der Waals surface area contributed by atoms with Crippen LogP contribution in [0.1, 0.15) is 38.8 Å². The van der Waals surface area contributed by atoms with Crippen molar-refractivity contribution in [1.82, 2.24) is 0 Å². The van der Waals surface area contributed by atoms with Crippen molar-refractivity contribution in [3.05, 3.63) is 34.4 Å². The van der Waals surface area contributed by atoms with Gasteiger partial charge in [0.1, 0.15) is 6.29 Å². The summed E-state index contributed by atoms with van der Waals surface area (Å²) in [5.41, 5.74) is 2.25. The maximum atomic E-state index is 10.8. The average molecular weight is 192 g/mol. The van der Waals surface area contributed by atoms with E-state index in [0.717, 1.165) is 11.1 Å². The van der Waals surface area contributed by atoms with Gasteiger partial charge in [0.25, 0.3) is 0 Å². The normalized spacial score (nSPS) is 9.86. The SMILES string of the molecule is CCc1cc(C)c(C=O)cc1C(=O)O. The van der Waals surface area contributed by atoms with Crippen LogP contribution >= 0.6 is 0 Å². The first-order valence-corrected chi connectivity index (χ1v) is 4.42. The molecule has 1 aromatic carbocycles. The number of aldehydes is 1. The van der Waals surface area contributed by atoms with Crippen LogP contribution < -0.4 is 0 Å². The third-order valence-electron chi connectivity index (χ3n) is 2.23. The zero-order valence-corrected chi connectivity index (χ0v) is 8.20. The first kappa shape index (κ1) is 10.4. The molecule has 0 aliphatic rings. The highest BCUT2D eigenvalue weighted by Gasteiger charge is 2.11. The highest BCUT2D eigenvalue weighted by atomic mass is 16.4. The lowest BCUT2D eigenvalue weighted by Gasteiger charge is -2.06. The number of aryl methyl sites for hydroxylation is 2. The first-order valence-electron chi connectivity index (χ1n) is 4.42. The molecule has 0 unspecified atom stereocenters. The van der Waals surface area contributed by atoms with Crippen molar-refractivity contribution in [1.29, 1.82) is 0 Å². The van der Waals surface area contributed by atoms with Crippen LogP contribution in [-0.4, -0.2) is 17.4 Å². The van der Waals surface area contributed by atoms with E-state index in [0.29, 0.717) is 18.3 Å². The Labute approximate surface area is 82.4 Å². The zero-order chi connectivity index (χ0) is 10.7. The third kappa shape index (κ3) is 1.82.